The van der Waals surface area contributed by atoms with Crippen molar-refractivity contribution in [3.63, 3.8) is 0 Å². The molecule has 2 rings (SSSR count). The van der Waals surface area contributed by atoms with Crippen molar-refractivity contribution in [2.45, 2.75) is 32.5 Å². The number of amides is 1. The second kappa shape index (κ2) is 7.90. The van der Waals surface area contributed by atoms with Gasteiger partial charge in [-0.2, -0.15) is 0 Å². The predicted octanol–water partition coefficient (Wildman–Crippen LogP) is 2.69. The van der Waals surface area contributed by atoms with E-state index in [0.29, 0.717) is 6.54 Å². The molecule has 0 aliphatic rings. The number of nitrogens with two attached hydrogens (primary N) is 1. The van der Waals surface area contributed by atoms with Crippen LogP contribution in [0.25, 0.3) is 0 Å². The Morgan fingerprint density at radius 2 is 1.65 bits per heavy atom. The number of hydrogen-bond donors (Lipinski definition) is 3. The van der Waals surface area contributed by atoms with Gasteiger partial charge in [0.1, 0.15) is 0 Å². The lowest BCUT2D eigenvalue weighted by atomic mass is 9.94. The van der Waals surface area contributed by atoms with E-state index in [1.807, 2.05) is 61.5 Å². The minimum Gasteiger partial charge on any atom is -0.389 e. The smallest absolute Gasteiger partial charge is 0.225 e. The molecule has 1 amide bonds. The van der Waals surface area contributed by atoms with Crippen LogP contribution in [0.3, 0.4) is 0 Å². The third kappa shape index (κ3) is 4.65. The standard InChI is InChI=1S/C19H24N2O2/c1-13(18(20)17-6-4-3-5-7-17)19(23)21-12-15-8-10-16(11-9-15)14(2)22/h3-11,13-14,18,22H,12,20H2,1-2H3,(H,21,23). The van der Waals surface area contributed by atoms with Gasteiger partial charge in [0.15, 0.2) is 0 Å². The van der Waals surface area contributed by atoms with Gasteiger partial charge < -0.3 is 16.2 Å². The minimum absolute atomic E-state index is 0.0686. The van der Waals surface area contributed by atoms with Gasteiger partial charge in [0.05, 0.1) is 12.0 Å². The number of rotatable bonds is 6. The largest absolute Gasteiger partial charge is 0.389 e. The first-order chi connectivity index (χ1) is 11.0. The van der Waals surface area contributed by atoms with E-state index >= 15 is 0 Å². The molecule has 0 aromatic heterocycles. The van der Waals surface area contributed by atoms with Crippen molar-refractivity contribution >= 4 is 5.91 Å². The lowest BCUT2D eigenvalue weighted by Crippen LogP contribution is -2.35. The molecule has 2 aromatic rings. The van der Waals surface area contributed by atoms with Crippen molar-refractivity contribution in [2.75, 3.05) is 0 Å². The highest BCUT2D eigenvalue weighted by molar-refractivity contribution is 5.79. The van der Waals surface area contributed by atoms with Crippen molar-refractivity contribution in [3.05, 3.63) is 71.3 Å². The summed E-state index contributed by atoms with van der Waals surface area (Å²) in [6.45, 7) is 4.01. The van der Waals surface area contributed by atoms with Crippen LogP contribution in [-0.4, -0.2) is 11.0 Å². The van der Waals surface area contributed by atoms with E-state index in [0.717, 1.165) is 16.7 Å². The topological polar surface area (TPSA) is 75.3 Å². The first-order valence-corrected chi connectivity index (χ1v) is 7.84. The SMILES string of the molecule is CC(O)c1ccc(CNC(=O)C(C)C(N)c2ccccc2)cc1. The number of nitrogens with one attached hydrogen (secondary N) is 1. The third-order valence-corrected chi connectivity index (χ3v) is 4.07. The highest BCUT2D eigenvalue weighted by Gasteiger charge is 2.21. The van der Waals surface area contributed by atoms with Crippen LogP contribution < -0.4 is 11.1 Å². The summed E-state index contributed by atoms with van der Waals surface area (Å²) in [7, 11) is 0. The summed E-state index contributed by atoms with van der Waals surface area (Å²) in [6, 6.07) is 16.9. The average molecular weight is 312 g/mol. The van der Waals surface area contributed by atoms with Crippen molar-refractivity contribution < 1.29 is 9.90 Å². The van der Waals surface area contributed by atoms with Gasteiger partial charge in [0.2, 0.25) is 5.91 Å². The normalized spacial score (nSPS) is 14.8. The molecular formula is C19H24N2O2. The summed E-state index contributed by atoms with van der Waals surface area (Å²) in [6.07, 6.45) is -0.484. The average Bonchev–Trinajstić information content (AvgIpc) is 2.59. The highest BCUT2D eigenvalue weighted by atomic mass is 16.3. The van der Waals surface area contributed by atoms with Gasteiger partial charge in [0, 0.05) is 12.6 Å². The van der Waals surface area contributed by atoms with E-state index in [4.69, 9.17) is 5.73 Å². The van der Waals surface area contributed by atoms with E-state index in [2.05, 4.69) is 5.32 Å². The summed E-state index contributed by atoms with van der Waals surface area (Å²) in [5.41, 5.74) is 8.98. The fourth-order valence-corrected chi connectivity index (χ4v) is 2.39. The van der Waals surface area contributed by atoms with E-state index in [1.54, 1.807) is 6.92 Å². The molecule has 2 aromatic carbocycles. The molecule has 0 aliphatic heterocycles. The van der Waals surface area contributed by atoms with Gasteiger partial charge in [0.25, 0.3) is 0 Å². The number of carbonyl (C=O) groups excluding carboxylic acids is 1. The molecule has 0 bridgehead atoms. The van der Waals surface area contributed by atoms with E-state index in [-0.39, 0.29) is 17.9 Å². The fourth-order valence-electron chi connectivity index (χ4n) is 2.39. The summed E-state index contributed by atoms with van der Waals surface area (Å²) in [4.78, 5) is 12.3. The first-order valence-electron chi connectivity index (χ1n) is 7.84. The van der Waals surface area contributed by atoms with Crippen LogP contribution >= 0.6 is 0 Å². The van der Waals surface area contributed by atoms with Crippen LogP contribution in [0.15, 0.2) is 54.6 Å². The minimum atomic E-state index is -0.484. The second-order valence-corrected chi connectivity index (χ2v) is 5.86. The molecular weight excluding hydrogens is 288 g/mol. The fraction of sp³-hybridized carbons (Fsp3) is 0.316. The number of hydrogen-bond acceptors (Lipinski definition) is 3. The molecule has 3 atom stereocenters. The molecule has 122 valence electrons. The Hall–Kier alpha value is -2.17. The van der Waals surface area contributed by atoms with Crippen molar-refractivity contribution in [2.24, 2.45) is 11.7 Å². The Kier molecular flexibility index (Phi) is 5.90. The van der Waals surface area contributed by atoms with Crippen LogP contribution in [0.1, 0.15) is 42.7 Å². The predicted molar refractivity (Wildman–Crippen MR) is 91.5 cm³/mol. The molecule has 0 radical (unpaired) electrons. The Labute approximate surface area is 137 Å². The van der Waals surface area contributed by atoms with Crippen LogP contribution in [0.4, 0.5) is 0 Å². The molecule has 0 heterocycles. The third-order valence-electron chi connectivity index (χ3n) is 4.07. The molecule has 0 spiro atoms. The van der Waals surface area contributed by atoms with E-state index in [9.17, 15) is 9.90 Å². The molecule has 4 N–H and O–H groups in total. The number of carbonyl (C=O) groups is 1. The molecule has 4 nitrogen and oxygen atoms in total. The van der Waals surface area contributed by atoms with E-state index in [1.165, 1.54) is 0 Å². The summed E-state index contributed by atoms with van der Waals surface area (Å²) in [5, 5.41) is 12.4. The molecule has 0 fully saturated rings. The zero-order valence-electron chi connectivity index (χ0n) is 13.6. The number of aliphatic hydroxyl groups excluding tert-OH is 1. The first kappa shape index (κ1) is 17.2. The molecule has 0 saturated carbocycles. The Bertz CT molecular complexity index is 624. The van der Waals surface area contributed by atoms with Crippen LogP contribution in [0, 0.1) is 5.92 Å². The van der Waals surface area contributed by atoms with Gasteiger partial charge in [-0.05, 0) is 23.6 Å². The summed E-state index contributed by atoms with van der Waals surface area (Å²) < 4.78 is 0. The zero-order chi connectivity index (χ0) is 16.8. The van der Waals surface area contributed by atoms with Crippen LogP contribution in [0.5, 0.6) is 0 Å². The monoisotopic (exact) mass is 312 g/mol. The maximum Gasteiger partial charge on any atom is 0.225 e. The lowest BCUT2D eigenvalue weighted by Gasteiger charge is -2.20. The molecule has 3 unspecified atom stereocenters. The summed E-state index contributed by atoms with van der Waals surface area (Å²) >= 11 is 0. The molecule has 4 heteroatoms. The number of benzene rings is 2. The Morgan fingerprint density at radius 3 is 2.22 bits per heavy atom. The molecule has 0 aliphatic carbocycles. The highest BCUT2D eigenvalue weighted by Crippen LogP contribution is 2.19. The Balaban J connectivity index is 1.91. The maximum absolute atomic E-state index is 12.3. The quantitative estimate of drug-likeness (QED) is 0.767. The Morgan fingerprint density at radius 1 is 1.04 bits per heavy atom. The van der Waals surface area contributed by atoms with Crippen molar-refractivity contribution in [1.29, 1.82) is 0 Å². The van der Waals surface area contributed by atoms with Gasteiger partial charge in [-0.1, -0.05) is 61.5 Å². The zero-order valence-corrected chi connectivity index (χ0v) is 13.6. The molecule has 23 heavy (non-hydrogen) atoms. The molecule has 0 saturated heterocycles. The van der Waals surface area contributed by atoms with Crippen LogP contribution in [-0.2, 0) is 11.3 Å². The van der Waals surface area contributed by atoms with Gasteiger partial charge in [-0.3, -0.25) is 4.79 Å². The van der Waals surface area contributed by atoms with E-state index < -0.39 is 6.10 Å². The number of aliphatic hydroxyl groups is 1. The second-order valence-electron chi connectivity index (χ2n) is 5.86. The van der Waals surface area contributed by atoms with Crippen molar-refractivity contribution in [3.8, 4) is 0 Å². The lowest BCUT2D eigenvalue weighted by molar-refractivity contribution is -0.125. The van der Waals surface area contributed by atoms with Crippen LogP contribution in [0.2, 0.25) is 0 Å². The summed E-state index contributed by atoms with van der Waals surface area (Å²) in [5.74, 6) is -0.380. The van der Waals surface area contributed by atoms with Gasteiger partial charge in [-0.25, -0.2) is 0 Å². The maximum atomic E-state index is 12.3. The van der Waals surface area contributed by atoms with Gasteiger partial charge in [-0.15, -0.1) is 0 Å². The van der Waals surface area contributed by atoms with Gasteiger partial charge >= 0.3 is 0 Å². The van der Waals surface area contributed by atoms with Crippen molar-refractivity contribution in [1.82, 2.24) is 5.32 Å².